The van der Waals surface area contributed by atoms with E-state index < -0.39 is 0 Å². The standard InChI is InChI=1S/C12H20O2.CH4.H2S/c1-2-3-4-5-6-7-8-11-9-10-12(13)14-11;;/h6-7,11H,2-5,8-10H2,1H3;1H4;1H2/b7-6-;;/t11-;;/m1../s1. The van der Waals surface area contributed by atoms with E-state index in [0.29, 0.717) is 6.42 Å². The third kappa shape index (κ3) is 7.80. The molecule has 1 aliphatic heterocycles. The number of unbranched alkanes of at least 4 members (excludes halogenated alkanes) is 3. The van der Waals surface area contributed by atoms with Gasteiger partial charge < -0.3 is 4.74 Å². The Kier molecular flexibility index (Phi) is 12.4. The van der Waals surface area contributed by atoms with E-state index in [-0.39, 0.29) is 33.0 Å². The summed E-state index contributed by atoms with van der Waals surface area (Å²) in [6.45, 7) is 2.21. The molecule has 0 bridgehead atoms. The van der Waals surface area contributed by atoms with Gasteiger partial charge in [0.1, 0.15) is 6.10 Å². The molecule has 0 spiro atoms. The summed E-state index contributed by atoms with van der Waals surface area (Å²) in [6.07, 6.45) is 11.9. The molecule has 0 saturated carbocycles. The molecule has 1 saturated heterocycles. The monoisotopic (exact) mass is 246 g/mol. The second-order valence-corrected chi connectivity index (χ2v) is 3.85. The fourth-order valence-corrected chi connectivity index (χ4v) is 1.63. The summed E-state index contributed by atoms with van der Waals surface area (Å²) >= 11 is 0. The molecule has 1 rings (SSSR count). The van der Waals surface area contributed by atoms with Crippen LogP contribution >= 0.6 is 13.5 Å². The highest BCUT2D eigenvalue weighted by Gasteiger charge is 2.21. The lowest BCUT2D eigenvalue weighted by molar-refractivity contribution is -0.141. The molecule has 0 aliphatic carbocycles. The first kappa shape index (κ1) is 17.9. The van der Waals surface area contributed by atoms with Crippen LogP contribution in [0.3, 0.4) is 0 Å². The predicted octanol–water partition coefficient (Wildman–Crippen LogP) is 3.97. The molecule has 96 valence electrons. The zero-order valence-corrected chi connectivity index (χ0v) is 10.5. The van der Waals surface area contributed by atoms with Crippen LogP contribution in [0.4, 0.5) is 0 Å². The Morgan fingerprint density at radius 1 is 1.38 bits per heavy atom. The van der Waals surface area contributed by atoms with Crippen LogP contribution in [0.15, 0.2) is 12.2 Å². The average Bonchev–Trinajstić information content (AvgIpc) is 2.58. The molecule has 16 heavy (non-hydrogen) atoms. The molecule has 1 atom stereocenters. The first-order valence-corrected chi connectivity index (χ1v) is 5.67. The molecule has 0 aromatic heterocycles. The number of ether oxygens (including phenoxy) is 1. The number of cyclic esters (lactones) is 1. The lowest BCUT2D eigenvalue weighted by Gasteiger charge is -2.04. The van der Waals surface area contributed by atoms with Crippen molar-refractivity contribution in [1.29, 1.82) is 0 Å². The average molecular weight is 246 g/mol. The number of rotatable bonds is 6. The Hall–Kier alpha value is -0.440. The maximum absolute atomic E-state index is 10.8. The van der Waals surface area contributed by atoms with Crippen molar-refractivity contribution < 1.29 is 9.53 Å². The summed E-state index contributed by atoms with van der Waals surface area (Å²) in [7, 11) is 0. The van der Waals surface area contributed by atoms with Gasteiger partial charge in [-0.3, -0.25) is 4.79 Å². The maximum atomic E-state index is 10.8. The van der Waals surface area contributed by atoms with Crippen molar-refractivity contribution in [2.75, 3.05) is 0 Å². The molecule has 0 unspecified atom stereocenters. The first-order valence-electron chi connectivity index (χ1n) is 5.67. The van der Waals surface area contributed by atoms with Crippen LogP contribution in [0.5, 0.6) is 0 Å². The van der Waals surface area contributed by atoms with Gasteiger partial charge in [0.15, 0.2) is 0 Å². The van der Waals surface area contributed by atoms with E-state index in [1.165, 1.54) is 19.3 Å². The van der Waals surface area contributed by atoms with Crippen LogP contribution in [-0.2, 0) is 9.53 Å². The van der Waals surface area contributed by atoms with Crippen molar-refractivity contribution in [2.45, 2.75) is 65.4 Å². The van der Waals surface area contributed by atoms with Gasteiger partial charge in [0.05, 0.1) is 0 Å². The third-order valence-corrected chi connectivity index (χ3v) is 2.51. The fraction of sp³-hybridized carbons (Fsp3) is 0.769. The fourth-order valence-electron chi connectivity index (χ4n) is 1.63. The van der Waals surface area contributed by atoms with Crippen molar-refractivity contribution in [1.82, 2.24) is 0 Å². The van der Waals surface area contributed by atoms with Crippen LogP contribution in [-0.4, -0.2) is 12.1 Å². The molecule has 0 aromatic rings. The van der Waals surface area contributed by atoms with E-state index in [4.69, 9.17) is 4.74 Å². The Morgan fingerprint density at radius 2 is 2.12 bits per heavy atom. The van der Waals surface area contributed by atoms with Crippen LogP contribution < -0.4 is 0 Å². The van der Waals surface area contributed by atoms with E-state index in [1.807, 2.05) is 0 Å². The second-order valence-electron chi connectivity index (χ2n) is 3.85. The Balaban J connectivity index is 0. The summed E-state index contributed by atoms with van der Waals surface area (Å²) in [5.41, 5.74) is 0. The number of hydrogen-bond donors (Lipinski definition) is 0. The summed E-state index contributed by atoms with van der Waals surface area (Å²) in [6, 6.07) is 0. The molecule has 0 aromatic carbocycles. The SMILES string of the molecule is C.CCCCC/C=C\C[C@@H]1CCC(=O)O1.S. The van der Waals surface area contributed by atoms with E-state index in [0.717, 1.165) is 19.3 Å². The minimum absolute atomic E-state index is 0. The molecule has 1 fully saturated rings. The van der Waals surface area contributed by atoms with E-state index in [9.17, 15) is 4.79 Å². The van der Waals surface area contributed by atoms with Gasteiger partial charge in [-0.05, 0) is 19.3 Å². The minimum Gasteiger partial charge on any atom is -0.462 e. The molecule has 0 amide bonds. The number of carbonyl (C=O) groups excluding carboxylic acids is 1. The van der Waals surface area contributed by atoms with Gasteiger partial charge in [-0.1, -0.05) is 39.3 Å². The van der Waals surface area contributed by atoms with Gasteiger partial charge in [-0.2, -0.15) is 13.5 Å². The maximum Gasteiger partial charge on any atom is 0.306 e. The molecular formula is C13H26O2S. The molecule has 1 aliphatic rings. The lowest BCUT2D eigenvalue weighted by atomic mass is 10.1. The molecule has 1 heterocycles. The van der Waals surface area contributed by atoms with Crippen molar-refractivity contribution in [3.05, 3.63) is 12.2 Å². The summed E-state index contributed by atoms with van der Waals surface area (Å²) in [4.78, 5) is 10.8. The Bertz CT molecular complexity index is 202. The zero-order valence-electron chi connectivity index (χ0n) is 9.50. The summed E-state index contributed by atoms with van der Waals surface area (Å²) in [5, 5.41) is 0. The largest absolute Gasteiger partial charge is 0.462 e. The second kappa shape index (κ2) is 11.1. The predicted molar refractivity (Wildman–Crippen MR) is 74.1 cm³/mol. The number of hydrogen-bond acceptors (Lipinski definition) is 2. The molecule has 0 N–H and O–H groups in total. The zero-order chi connectivity index (χ0) is 10.2. The van der Waals surface area contributed by atoms with Gasteiger partial charge >= 0.3 is 5.97 Å². The molecule has 0 radical (unpaired) electrons. The van der Waals surface area contributed by atoms with Crippen LogP contribution in [0.25, 0.3) is 0 Å². The quantitative estimate of drug-likeness (QED) is 0.403. The van der Waals surface area contributed by atoms with Crippen LogP contribution in [0.2, 0.25) is 0 Å². The van der Waals surface area contributed by atoms with Gasteiger partial charge in [0.25, 0.3) is 0 Å². The summed E-state index contributed by atoms with van der Waals surface area (Å²) in [5.74, 6) is -0.0330. The van der Waals surface area contributed by atoms with Crippen molar-refractivity contribution in [3.8, 4) is 0 Å². The number of esters is 1. The lowest BCUT2D eigenvalue weighted by Crippen LogP contribution is -2.04. The third-order valence-electron chi connectivity index (χ3n) is 2.51. The number of allylic oxidation sites excluding steroid dienone is 1. The van der Waals surface area contributed by atoms with Crippen molar-refractivity contribution in [2.24, 2.45) is 0 Å². The minimum atomic E-state index is -0.0330. The van der Waals surface area contributed by atoms with Crippen molar-refractivity contribution >= 4 is 19.5 Å². The van der Waals surface area contributed by atoms with Gasteiger partial charge in [0, 0.05) is 12.8 Å². The van der Waals surface area contributed by atoms with Gasteiger partial charge in [0.2, 0.25) is 0 Å². The highest BCUT2D eigenvalue weighted by molar-refractivity contribution is 7.59. The molecule has 2 nitrogen and oxygen atoms in total. The summed E-state index contributed by atoms with van der Waals surface area (Å²) < 4.78 is 5.10. The number of carbonyl (C=O) groups is 1. The van der Waals surface area contributed by atoms with E-state index in [1.54, 1.807) is 0 Å². The topological polar surface area (TPSA) is 26.3 Å². The normalized spacial score (nSPS) is 19.1. The van der Waals surface area contributed by atoms with Crippen molar-refractivity contribution in [3.63, 3.8) is 0 Å². The van der Waals surface area contributed by atoms with Crippen LogP contribution in [0, 0.1) is 0 Å². The van der Waals surface area contributed by atoms with Gasteiger partial charge in [-0.25, -0.2) is 0 Å². The van der Waals surface area contributed by atoms with E-state index >= 15 is 0 Å². The van der Waals surface area contributed by atoms with Gasteiger partial charge in [-0.15, -0.1) is 0 Å². The first-order chi connectivity index (χ1) is 6.83. The van der Waals surface area contributed by atoms with E-state index in [2.05, 4.69) is 19.1 Å². The Morgan fingerprint density at radius 3 is 2.69 bits per heavy atom. The Labute approximate surface area is 107 Å². The molecule has 3 heteroatoms. The highest BCUT2D eigenvalue weighted by atomic mass is 32.1. The van der Waals surface area contributed by atoms with Crippen LogP contribution in [0.1, 0.15) is 59.3 Å². The smallest absolute Gasteiger partial charge is 0.306 e. The molecular weight excluding hydrogens is 220 g/mol. The highest BCUT2D eigenvalue weighted by Crippen LogP contribution is 2.17.